The van der Waals surface area contributed by atoms with Gasteiger partial charge in [0.25, 0.3) is 0 Å². The van der Waals surface area contributed by atoms with Crippen LogP contribution in [0.2, 0.25) is 0 Å². The molecule has 0 aromatic rings. The summed E-state index contributed by atoms with van der Waals surface area (Å²) in [6, 6.07) is -0.166. The van der Waals surface area contributed by atoms with Gasteiger partial charge in [-0.2, -0.15) is 0 Å². The Morgan fingerprint density at radius 2 is 2.19 bits per heavy atom. The van der Waals surface area contributed by atoms with Gasteiger partial charge in [-0.15, -0.1) is 0 Å². The maximum absolute atomic E-state index is 11.8. The first-order chi connectivity index (χ1) is 7.50. The lowest BCUT2D eigenvalue weighted by Gasteiger charge is -2.26. The fourth-order valence-corrected chi connectivity index (χ4v) is 3.76. The maximum Gasteiger partial charge on any atom is 0.222 e. The van der Waals surface area contributed by atoms with E-state index in [1.807, 2.05) is 6.92 Å². The van der Waals surface area contributed by atoms with E-state index in [4.69, 9.17) is 5.11 Å². The number of hydrogen-bond acceptors (Lipinski definition) is 4. The summed E-state index contributed by atoms with van der Waals surface area (Å²) in [7, 11) is -2.95. The van der Waals surface area contributed by atoms with Crippen molar-refractivity contribution < 1.29 is 18.3 Å². The second kappa shape index (κ2) is 5.63. The quantitative estimate of drug-likeness (QED) is 0.732. The highest BCUT2D eigenvalue weighted by atomic mass is 32.2. The molecule has 0 bridgehead atoms. The van der Waals surface area contributed by atoms with Crippen molar-refractivity contribution in [2.45, 2.75) is 32.2 Å². The zero-order valence-electron chi connectivity index (χ0n) is 9.55. The van der Waals surface area contributed by atoms with Gasteiger partial charge in [-0.3, -0.25) is 4.79 Å². The molecule has 0 aliphatic carbocycles. The highest BCUT2D eigenvalue weighted by molar-refractivity contribution is 7.91. The third-order valence-electron chi connectivity index (χ3n) is 2.86. The zero-order valence-corrected chi connectivity index (χ0v) is 10.4. The fraction of sp³-hybridized carbons (Fsp3) is 0.900. The van der Waals surface area contributed by atoms with Crippen molar-refractivity contribution in [2.24, 2.45) is 0 Å². The molecule has 1 amide bonds. The first-order valence-electron chi connectivity index (χ1n) is 5.61. The fourth-order valence-electron chi connectivity index (χ4n) is 2.03. The largest absolute Gasteiger partial charge is 0.396 e. The molecule has 1 fully saturated rings. The number of amides is 1. The molecular weight excluding hydrogens is 230 g/mol. The highest BCUT2D eigenvalue weighted by Gasteiger charge is 2.33. The number of sulfone groups is 1. The van der Waals surface area contributed by atoms with Crippen molar-refractivity contribution in [3.8, 4) is 0 Å². The minimum Gasteiger partial charge on any atom is -0.396 e. The van der Waals surface area contributed by atoms with Crippen molar-refractivity contribution in [3.63, 3.8) is 0 Å². The van der Waals surface area contributed by atoms with Crippen molar-refractivity contribution in [2.75, 3.05) is 24.7 Å². The number of aliphatic hydroxyl groups excluding tert-OH is 1. The molecule has 94 valence electrons. The Morgan fingerprint density at radius 1 is 1.50 bits per heavy atom. The van der Waals surface area contributed by atoms with Crippen LogP contribution < -0.4 is 0 Å². The van der Waals surface area contributed by atoms with Crippen LogP contribution in [0.1, 0.15) is 26.2 Å². The summed E-state index contributed by atoms with van der Waals surface area (Å²) in [6.07, 6.45) is 1.27. The molecule has 1 rings (SSSR count). The minimum atomic E-state index is -2.95. The molecule has 1 heterocycles. The molecule has 0 spiro atoms. The number of carbonyl (C=O) groups excluding carboxylic acids is 1. The van der Waals surface area contributed by atoms with E-state index >= 15 is 0 Å². The van der Waals surface area contributed by atoms with Crippen molar-refractivity contribution in [3.05, 3.63) is 0 Å². The molecule has 16 heavy (non-hydrogen) atoms. The standard InChI is InChI=1S/C10H19NO4S/c1-2-11(10(13)4-3-6-12)9-5-7-16(14,15)8-9/h9,12H,2-8H2,1H3. The summed E-state index contributed by atoms with van der Waals surface area (Å²) in [5, 5.41) is 8.65. The summed E-state index contributed by atoms with van der Waals surface area (Å²) < 4.78 is 22.6. The van der Waals surface area contributed by atoms with Crippen LogP contribution in [0.5, 0.6) is 0 Å². The van der Waals surface area contributed by atoms with Crippen molar-refractivity contribution >= 4 is 15.7 Å². The van der Waals surface area contributed by atoms with Crippen LogP contribution in [0.3, 0.4) is 0 Å². The Kier molecular flexibility index (Phi) is 4.73. The van der Waals surface area contributed by atoms with E-state index < -0.39 is 9.84 Å². The lowest BCUT2D eigenvalue weighted by atomic mass is 10.2. The monoisotopic (exact) mass is 249 g/mol. The lowest BCUT2D eigenvalue weighted by Crippen LogP contribution is -2.40. The predicted octanol–water partition coefficient (Wildman–Crippen LogP) is -0.205. The first kappa shape index (κ1) is 13.4. The van der Waals surface area contributed by atoms with Crippen molar-refractivity contribution in [1.82, 2.24) is 4.90 Å². The second-order valence-corrected chi connectivity index (χ2v) is 6.29. The summed E-state index contributed by atoms with van der Waals surface area (Å²) >= 11 is 0. The summed E-state index contributed by atoms with van der Waals surface area (Å²) in [6.45, 7) is 2.37. The SMILES string of the molecule is CCN(C(=O)CCCO)C1CCS(=O)(=O)C1. The number of hydrogen-bond donors (Lipinski definition) is 1. The normalized spacial score (nSPS) is 23.2. The summed E-state index contributed by atoms with van der Waals surface area (Å²) in [5.41, 5.74) is 0. The van der Waals surface area contributed by atoms with Crippen LogP contribution in [0.4, 0.5) is 0 Å². The van der Waals surface area contributed by atoms with Gasteiger partial charge in [-0.1, -0.05) is 0 Å². The Bertz CT molecular complexity index is 339. The van der Waals surface area contributed by atoms with Crippen LogP contribution in [0, 0.1) is 0 Å². The van der Waals surface area contributed by atoms with E-state index in [9.17, 15) is 13.2 Å². The maximum atomic E-state index is 11.8. The van der Waals surface area contributed by atoms with Gasteiger partial charge in [-0.05, 0) is 19.8 Å². The molecule has 1 aliphatic heterocycles. The van der Waals surface area contributed by atoms with Crippen LogP contribution in [-0.2, 0) is 14.6 Å². The van der Waals surface area contributed by atoms with Crippen LogP contribution >= 0.6 is 0 Å². The molecule has 6 heteroatoms. The first-order valence-corrected chi connectivity index (χ1v) is 7.43. The average molecular weight is 249 g/mol. The number of carbonyl (C=O) groups is 1. The molecule has 5 nitrogen and oxygen atoms in total. The third kappa shape index (κ3) is 3.45. The van der Waals surface area contributed by atoms with Crippen molar-refractivity contribution in [1.29, 1.82) is 0 Å². The number of aliphatic hydroxyl groups is 1. The smallest absolute Gasteiger partial charge is 0.222 e. The van der Waals surface area contributed by atoms with Crippen LogP contribution in [0.15, 0.2) is 0 Å². The molecule has 1 saturated heterocycles. The number of nitrogens with zero attached hydrogens (tertiary/aromatic N) is 1. The van der Waals surface area contributed by atoms with E-state index in [0.717, 1.165) is 0 Å². The molecule has 1 N–H and O–H groups in total. The summed E-state index contributed by atoms with van der Waals surface area (Å²) in [4.78, 5) is 13.4. The lowest BCUT2D eigenvalue weighted by molar-refractivity contribution is -0.133. The molecular formula is C10H19NO4S. The second-order valence-electron chi connectivity index (χ2n) is 4.06. The van der Waals surface area contributed by atoms with Crippen LogP contribution in [-0.4, -0.2) is 55.0 Å². The van der Waals surface area contributed by atoms with Gasteiger partial charge in [0, 0.05) is 25.6 Å². The molecule has 0 radical (unpaired) electrons. The summed E-state index contributed by atoms with van der Waals surface area (Å²) in [5.74, 6) is 0.214. The average Bonchev–Trinajstić information content (AvgIpc) is 2.57. The Balaban J connectivity index is 2.58. The van der Waals surface area contributed by atoms with Gasteiger partial charge in [-0.25, -0.2) is 8.42 Å². The topological polar surface area (TPSA) is 74.7 Å². The Hall–Kier alpha value is -0.620. The molecule has 1 atom stereocenters. The molecule has 1 aliphatic rings. The van der Waals surface area contributed by atoms with E-state index in [1.54, 1.807) is 4.90 Å². The van der Waals surface area contributed by atoms with Gasteiger partial charge in [0.1, 0.15) is 0 Å². The third-order valence-corrected chi connectivity index (χ3v) is 4.61. The van der Waals surface area contributed by atoms with E-state index in [1.165, 1.54) is 0 Å². The Labute approximate surface area is 96.4 Å². The molecule has 1 unspecified atom stereocenters. The molecule has 0 saturated carbocycles. The van der Waals surface area contributed by atoms with E-state index in [2.05, 4.69) is 0 Å². The zero-order chi connectivity index (χ0) is 12.2. The van der Waals surface area contributed by atoms with E-state index in [-0.39, 0.29) is 30.1 Å². The van der Waals surface area contributed by atoms with Gasteiger partial charge in [0.05, 0.1) is 11.5 Å². The van der Waals surface area contributed by atoms with E-state index in [0.29, 0.717) is 25.8 Å². The predicted molar refractivity (Wildman–Crippen MR) is 60.8 cm³/mol. The minimum absolute atomic E-state index is 0.00768. The van der Waals surface area contributed by atoms with Gasteiger partial charge in [0.15, 0.2) is 9.84 Å². The van der Waals surface area contributed by atoms with Crippen LogP contribution in [0.25, 0.3) is 0 Å². The molecule has 0 aromatic heterocycles. The van der Waals surface area contributed by atoms with Gasteiger partial charge >= 0.3 is 0 Å². The highest BCUT2D eigenvalue weighted by Crippen LogP contribution is 2.18. The number of rotatable bonds is 5. The molecule has 0 aromatic carbocycles. The van der Waals surface area contributed by atoms with Gasteiger partial charge in [0.2, 0.25) is 5.91 Å². The Morgan fingerprint density at radius 3 is 2.62 bits per heavy atom. The van der Waals surface area contributed by atoms with Gasteiger partial charge < -0.3 is 10.0 Å².